The van der Waals surface area contributed by atoms with E-state index in [9.17, 15) is 9.59 Å². The van der Waals surface area contributed by atoms with Crippen molar-refractivity contribution in [2.45, 2.75) is 44.3 Å². The van der Waals surface area contributed by atoms with Crippen molar-refractivity contribution in [1.29, 1.82) is 0 Å². The maximum absolute atomic E-state index is 12.3. The second kappa shape index (κ2) is 10.0. The average molecular weight is 356 g/mol. The van der Waals surface area contributed by atoms with E-state index in [0.29, 0.717) is 23.3 Å². The highest BCUT2D eigenvalue weighted by Crippen LogP contribution is 2.18. The first-order valence-corrected chi connectivity index (χ1v) is 9.23. The van der Waals surface area contributed by atoms with Crippen molar-refractivity contribution >= 4 is 24.4 Å². The molecule has 3 nitrogen and oxygen atoms in total. The molecule has 0 N–H and O–H groups in total. The van der Waals surface area contributed by atoms with E-state index in [1.165, 1.54) is 6.42 Å². The van der Waals surface area contributed by atoms with Crippen LogP contribution in [0.3, 0.4) is 0 Å². The summed E-state index contributed by atoms with van der Waals surface area (Å²) in [5, 5.41) is -0.414. The van der Waals surface area contributed by atoms with Crippen LogP contribution in [0.25, 0.3) is 0 Å². The summed E-state index contributed by atoms with van der Waals surface area (Å²) in [7, 11) is 0. The van der Waals surface area contributed by atoms with Gasteiger partial charge >= 0.3 is 5.97 Å². The fraction of sp³-hybridized carbons (Fsp3) is 0.333. The van der Waals surface area contributed by atoms with Gasteiger partial charge in [-0.15, -0.1) is 0 Å². The zero-order chi connectivity index (χ0) is 18.1. The normalized spacial score (nSPS) is 11.8. The molecule has 0 saturated heterocycles. The number of carbonyl (C=O) groups is 2. The number of hydrogen-bond acceptors (Lipinski definition) is 4. The molecule has 0 saturated carbocycles. The summed E-state index contributed by atoms with van der Waals surface area (Å²) in [6.07, 6.45) is 5.13. The van der Waals surface area contributed by atoms with Crippen LogP contribution in [-0.4, -0.2) is 17.0 Å². The lowest BCUT2D eigenvalue weighted by Crippen LogP contribution is -2.21. The van der Waals surface area contributed by atoms with Gasteiger partial charge in [0.25, 0.3) is 0 Å². The predicted octanol–water partition coefficient (Wildman–Crippen LogP) is 5.09. The number of ketones is 1. The Morgan fingerprint density at radius 3 is 2.20 bits per heavy atom. The molecule has 0 aromatic heterocycles. The van der Waals surface area contributed by atoms with Crippen LogP contribution >= 0.6 is 12.6 Å². The van der Waals surface area contributed by atoms with Crippen molar-refractivity contribution in [1.82, 2.24) is 0 Å². The largest absolute Gasteiger partial charge is 0.426 e. The minimum absolute atomic E-state index is 0.0542. The Morgan fingerprint density at radius 2 is 1.56 bits per heavy atom. The summed E-state index contributed by atoms with van der Waals surface area (Å²) in [5.41, 5.74) is 1.20. The first-order chi connectivity index (χ1) is 12.1. The molecule has 0 bridgehead atoms. The maximum Gasteiger partial charge on any atom is 0.324 e. The van der Waals surface area contributed by atoms with E-state index >= 15 is 0 Å². The van der Waals surface area contributed by atoms with E-state index in [1.54, 1.807) is 36.4 Å². The number of rotatable bonds is 9. The zero-order valence-corrected chi connectivity index (χ0v) is 15.4. The highest BCUT2D eigenvalue weighted by molar-refractivity contribution is 7.81. The molecular formula is C21H24O3S. The van der Waals surface area contributed by atoms with Gasteiger partial charge < -0.3 is 4.74 Å². The number of carbonyl (C=O) groups excluding carboxylic acids is 2. The Hall–Kier alpha value is -2.07. The van der Waals surface area contributed by atoms with Gasteiger partial charge in [-0.2, -0.15) is 12.6 Å². The van der Waals surface area contributed by atoms with Crippen LogP contribution in [0.1, 0.15) is 54.9 Å². The number of benzene rings is 2. The minimum Gasteiger partial charge on any atom is -0.426 e. The Balaban J connectivity index is 1.89. The Kier molecular flexibility index (Phi) is 7.74. The van der Waals surface area contributed by atoms with Crippen LogP contribution in [-0.2, 0) is 4.79 Å². The highest BCUT2D eigenvalue weighted by Gasteiger charge is 2.16. The van der Waals surface area contributed by atoms with Crippen molar-refractivity contribution < 1.29 is 14.3 Å². The van der Waals surface area contributed by atoms with E-state index in [2.05, 4.69) is 19.6 Å². The molecular weight excluding hydrogens is 332 g/mol. The van der Waals surface area contributed by atoms with Gasteiger partial charge in [-0.05, 0) is 30.7 Å². The molecule has 1 unspecified atom stereocenters. The van der Waals surface area contributed by atoms with Crippen LogP contribution in [0, 0.1) is 0 Å². The molecule has 1 atom stereocenters. The summed E-state index contributed by atoms with van der Waals surface area (Å²) < 4.78 is 5.35. The molecule has 2 aromatic rings. The molecule has 25 heavy (non-hydrogen) atoms. The molecule has 0 fully saturated rings. The van der Waals surface area contributed by atoms with E-state index < -0.39 is 5.25 Å². The van der Waals surface area contributed by atoms with Crippen LogP contribution in [0.5, 0.6) is 5.75 Å². The van der Waals surface area contributed by atoms with Gasteiger partial charge in [0.1, 0.15) is 5.75 Å². The first kappa shape index (κ1) is 19.3. The fourth-order valence-corrected chi connectivity index (χ4v) is 2.73. The summed E-state index contributed by atoms with van der Waals surface area (Å²) in [5.74, 6) is 0.0330. The Bertz CT molecular complexity index is 680. The minimum atomic E-state index is -0.414. The van der Waals surface area contributed by atoms with Gasteiger partial charge in [0.2, 0.25) is 0 Å². The molecule has 0 radical (unpaired) electrons. The van der Waals surface area contributed by atoms with Crippen molar-refractivity contribution in [3.05, 3.63) is 65.7 Å². The third-order valence-corrected chi connectivity index (χ3v) is 4.44. The molecule has 2 aromatic carbocycles. The SMILES string of the molecule is CCCCCCC(S)C(=O)Oc1ccc(C(=O)c2ccccc2)cc1. The number of unbranched alkanes of at least 4 members (excludes halogenated alkanes) is 3. The van der Waals surface area contributed by atoms with Crippen molar-refractivity contribution in [3.63, 3.8) is 0 Å². The molecule has 132 valence electrons. The summed E-state index contributed by atoms with van der Waals surface area (Å²) in [6, 6.07) is 15.7. The van der Waals surface area contributed by atoms with E-state index in [0.717, 1.165) is 19.3 Å². The van der Waals surface area contributed by atoms with E-state index in [1.807, 2.05) is 18.2 Å². The second-order valence-corrected chi connectivity index (χ2v) is 6.63. The third-order valence-electron chi connectivity index (χ3n) is 3.97. The fourth-order valence-electron chi connectivity index (χ4n) is 2.50. The van der Waals surface area contributed by atoms with Crippen molar-refractivity contribution in [3.8, 4) is 5.75 Å². The average Bonchev–Trinajstić information content (AvgIpc) is 2.65. The molecule has 0 amide bonds. The standard InChI is InChI=1S/C21H24O3S/c1-2-3-4-8-11-19(25)21(23)24-18-14-12-17(13-15-18)20(22)16-9-6-5-7-10-16/h5-7,9-10,12-15,19,25H,2-4,8,11H2,1H3. The number of ether oxygens (including phenoxy) is 1. The van der Waals surface area contributed by atoms with Gasteiger partial charge in [0.15, 0.2) is 5.78 Å². The van der Waals surface area contributed by atoms with E-state index in [-0.39, 0.29) is 11.8 Å². The van der Waals surface area contributed by atoms with Crippen molar-refractivity contribution in [2.24, 2.45) is 0 Å². The molecule has 0 heterocycles. The molecule has 2 rings (SSSR count). The molecule has 0 spiro atoms. The lowest BCUT2D eigenvalue weighted by atomic mass is 10.0. The quantitative estimate of drug-likeness (QED) is 0.224. The molecule has 4 heteroatoms. The highest BCUT2D eigenvalue weighted by atomic mass is 32.1. The van der Waals surface area contributed by atoms with Gasteiger partial charge in [0.05, 0.1) is 5.25 Å². The van der Waals surface area contributed by atoms with Crippen LogP contribution in [0.2, 0.25) is 0 Å². The van der Waals surface area contributed by atoms with Crippen LogP contribution in [0.4, 0.5) is 0 Å². The van der Waals surface area contributed by atoms with Crippen LogP contribution in [0.15, 0.2) is 54.6 Å². The van der Waals surface area contributed by atoms with E-state index in [4.69, 9.17) is 4.74 Å². The van der Waals surface area contributed by atoms with Crippen LogP contribution < -0.4 is 4.74 Å². The zero-order valence-electron chi connectivity index (χ0n) is 14.5. The number of hydrogen-bond donors (Lipinski definition) is 1. The molecule has 0 aliphatic heterocycles. The Labute approximate surface area is 154 Å². The first-order valence-electron chi connectivity index (χ1n) is 8.71. The third kappa shape index (κ3) is 6.05. The number of esters is 1. The maximum atomic E-state index is 12.3. The van der Waals surface area contributed by atoms with Crippen molar-refractivity contribution in [2.75, 3.05) is 0 Å². The lowest BCUT2D eigenvalue weighted by Gasteiger charge is -2.10. The smallest absolute Gasteiger partial charge is 0.324 e. The molecule has 0 aliphatic rings. The Morgan fingerprint density at radius 1 is 0.920 bits per heavy atom. The van der Waals surface area contributed by atoms with Gasteiger partial charge in [-0.1, -0.05) is 62.9 Å². The molecule has 0 aliphatic carbocycles. The summed E-state index contributed by atoms with van der Waals surface area (Å²) in [6.45, 7) is 2.15. The number of thiol groups is 1. The summed E-state index contributed by atoms with van der Waals surface area (Å²) >= 11 is 4.33. The monoisotopic (exact) mass is 356 g/mol. The second-order valence-electron chi connectivity index (χ2n) is 6.01. The summed E-state index contributed by atoms with van der Waals surface area (Å²) in [4.78, 5) is 24.4. The topological polar surface area (TPSA) is 43.4 Å². The predicted molar refractivity (Wildman–Crippen MR) is 103 cm³/mol. The van der Waals surface area contributed by atoms with Gasteiger partial charge in [-0.3, -0.25) is 9.59 Å². The lowest BCUT2D eigenvalue weighted by molar-refractivity contribution is -0.133. The van der Waals surface area contributed by atoms with Gasteiger partial charge in [-0.25, -0.2) is 0 Å². The van der Waals surface area contributed by atoms with Gasteiger partial charge in [0, 0.05) is 11.1 Å².